The molecule has 3 rings (SSSR count). The largest absolute Gasteiger partial charge is 0.457 e. The minimum absolute atomic E-state index is 0.0497. The zero-order valence-corrected chi connectivity index (χ0v) is 13.7. The van der Waals surface area contributed by atoms with Gasteiger partial charge in [0.05, 0.1) is 11.9 Å². The fourth-order valence-corrected chi connectivity index (χ4v) is 2.62. The number of alkyl halides is 2. The Balaban J connectivity index is 1.68. The molecule has 3 nitrogen and oxygen atoms in total. The number of halogens is 2. The van der Waals surface area contributed by atoms with Crippen molar-refractivity contribution in [1.82, 2.24) is 4.98 Å². The summed E-state index contributed by atoms with van der Waals surface area (Å²) in [4.78, 5) is 16.5. The zero-order valence-electron chi connectivity index (χ0n) is 13.7. The lowest BCUT2D eigenvalue weighted by atomic mass is 10.1. The number of benzene rings is 2. The van der Waals surface area contributed by atoms with Gasteiger partial charge >= 0.3 is 5.97 Å². The van der Waals surface area contributed by atoms with Crippen LogP contribution in [0.15, 0.2) is 60.8 Å². The zero-order chi connectivity index (χ0) is 17.8. The number of rotatable bonds is 5. The molecule has 1 unspecified atom stereocenters. The number of esters is 1. The van der Waals surface area contributed by atoms with Crippen LogP contribution in [0.1, 0.15) is 36.1 Å². The van der Waals surface area contributed by atoms with Crippen LogP contribution >= 0.6 is 0 Å². The Morgan fingerprint density at radius 1 is 1.08 bits per heavy atom. The Morgan fingerprint density at radius 3 is 2.68 bits per heavy atom. The second-order valence-electron chi connectivity index (χ2n) is 5.82. The molecule has 1 atom stereocenters. The highest BCUT2D eigenvalue weighted by atomic mass is 19.3. The number of aromatic nitrogens is 1. The van der Waals surface area contributed by atoms with E-state index in [-0.39, 0.29) is 12.0 Å². The van der Waals surface area contributed by atoms with Gasteiger partial charge in [-0.15, -0.1) is 0 Å². The molecule has 25 heavy (non-hydrogen) atoms. The Labute approximate surface area is 144 Å². The van der Waals surface area contributed by atoms with E-state index >= 15 is 0 Å². The number of carbonyl (C=O) groups is 1. The monoisotopic (exact) mass is 341 g/mol. The van der Waals surface area contributed by atoms with Gasteiger partial charge in [0.1, 0.15) is 6.10 Å². The molecule has 0 aliphatic heterocycles. The molecule has 0 radical (unpaired) electrons. The van der Waals surface area contributed by atoms with Gasteiger partial charge in [-0.05, 0) is 30.7 Å². The lowest BCUT2D eigenvalue weighted by molar-refractivity contribution is -0.147. The molecule has 1 heterocycles. The molecule has 0 spiro atoms. The van der Waals surface area contributed by atoms with Gasteiger partial charge in [-0.1, -0.05) is 36.4 Å². The topological polar surface area (TPSA) is 39.2 Å². The van der Waals surface area contributed by atoms with Crippen molar-refractivity contribution >= 4 is 16.9 Å². The third-order valence-electron chi connectivity index (χ3n) is 3.94. The van der Waals surface area contributed by atoms with E-state index in [1.54, 1.807) is 19.2 Å². The van der Waals surface area contributed by atoms with E-state index in [1.807, 2.05) is 30.3 Å². The van der Waals surface area contributed by atoms with Crippen LogP contribution in [0.25, 0.3) is 10.9 Å². The summed E-state index contributed by atoms with van der Waals surface area (Å²) < 4.78 is 30.9. The van der Waals surface area contributed by atoms with Gasteiger partial charge in [0.2, 0.25) is 0 Å². The van der Waals surface area contributed by atoms with Gasteiger partial charge < -0.3 is 4.74 Å². The van der Waals surface area contributed by atoms with Crippen LogP contribution in [0.5, 0.6) is 0 Å². The lowest BCUT2D eigenvalue weighted by Gasteiger charge is -2.14. The molecule has 0 bridgehead atoms. The maximum absolute atomic E-state index is 12.7. The molecular formula is C20H17F2NO2. The van der Waals surface area contributed by atoms with Gasteiger partial charge in [-0.25, -0.2) is 8.78 Å². The van der Waals surface area contributed by atoms with E-state index in [4.69, 9.17) is 4.74 Å². The van der Waals surface area contributed by atoms with Crippen LogP contribution in [0.4, 0.5) is 8.78 Å². The highest BCUT2D eigenvalue weighted by Crippen LogP contribution is 2.22. The van der Waals surface area contributed by atoms with Crippen molar-refractivity contribution in [3.63, 3.8) is 0 Å². The molecule has 5 heteroatoms. The molecule has 0 aliphatic carbocycles. The summed E-state index contributed by atoms with van der Waals surface area (Å²) in [5, 5.41) is 0.965. The van der Waals surface area contributed by atoms with Crippen molar-refractivity contribution in [2.24, 2.45) is 0 Å². The van der Waals surface area contributed by atoms with Crippen molar-refractivity contribution in [3.05, 3.63) is 77.5 Å². The lowest BCUT2D eigenvalue weighted by Crippen LogP contribution is -2.12. The van der Waals surface area contributed by atoms with E-state index in [0.717, 1.165) is 16.5 Å². The Hall–Kier alpha value is -2.82. The summed E-state index contributed by atoms with van der Waals surface area (Å²) in [6.07, 6.45) is -1.40. The van der Waals surface area contributed by atoms with Crippen molar-refractivity contribution in [2.75, 3.05) is 0 Å². The normalized spacial score (nSPS) is 12.3. The highest BCUT2D eigenvalue weighted by Gasteiger charge is 2.14. The summed E-state index contributed by atoms with van der Waals surface area (Å²) in [7, 11) is 0. The maximum Gasteiger partial charge on any atom is 0.310 e. The van der Waals surface area contributed by atoms with E-state index in [9.17, 15) is 13.6 Å². The van der Waals surface area contributed by atoms with Crippen molar-refractivity contribution in [1.29, 1.82) is 0 Å². The number of ether oxygens (including phenoxy) is 1. The fraction of sp³-hybridized carbons (Fsp3) is 0.200. The molecule has 0 amide bonds. The molecule has 1 aromatic heterocycles. The Kier molecular flexibility index (Phi) is 5.03. The Morgan fingerprint density at radius 2 is 1.88 bits per heavy atom. The average molecular weight is 341 g/mol. The predicted octanol–water partition coefficient (Wildman–Crippen LogP) is 5.02. The highest BCUT2D eigenvalue weighted by molar-refractivity contribution is 5.79. The first-order valence-electron chi connectivity index (χ1n) is 7.94. The number of hydrogen-bond donors (Lipinski definition) is 0. The number of pyridine rings is 1. The van der Waals surface area contributed by atoms with Crippen molar-refractivity contribution in [2.45, 2.75) is 25.9 Å². The quantitative estimate of drug-likeness (QED) is 0.612. The molecule has 128 valence electrons. The molecule has 0 N–H and O–H groups in total. The minimum Gasteiger partial charge on any atom is -0.457 e. The number of hydrogen-bond acceptors (Lipinski definition) is 3. The summed E-state index contributed by atoms with van der Waals surface area (Å²) in [6.45, 7) is 1.76. The van der Waals surface area contributed by atoms with Crippen molar-refractivity contribution in [3.8, 4) is 0 Å². The van der Waals surface area contributed by atoms with Crippen LogP contribution in [0, 0.1) is 0 Å². The van der Waals surface area contributed by atoms with Gasteiger partial charge in [-0.3, -0.25) is 9.78 Å². The third-order valence-corrected chi connectivity index (χ3v) is 3.94. The minimum atomic E-state index is -2.56. The van der Waals surface area contributed by atoms with E-state index in [1.165, 1.54) is 18.2 Å². The van der Waals surface area contributed by atoms with E-state index < -0.39 is 18.5 Å². The Bertz CT molecular complexity index is 896. The SMILES string of the molecule is CC(OC(=O)Cc1cccc(C(F)F)c1)c1cnc2ccccc2c1. The molecule has 0 saturated carbocycles. The van der Waals surface area contributed by atoms with E-state index in [2.05, 4.69) is 4.98 Å². The van der Waals surface area contributed by atoms with Crippen LogP contribution < -0.4 is 0 Å². The first-order valence-corrected chi connectivity index (χ1v) is 7.94. The van der Waals surface area contributed by atoms with E-state index in [0.29, 0.717) is 5.56 Å². The van der Waals surface area contributed by atoms with Gasteiger partial charge in [0.25, 0.3) is 6.43 Å². The summed E-state index contributed by atoms with van der Waals surface area (Å²) in [5.74, 6) is -0.466. The number of para-hydroxylation sites is 1. The maximum atomic E-state index is 12.7. The third kappa shape index (κ3) is 4.18. The molecule has 0 fully saturated rings. The van der Waals surface area contributed by atoms with Crippen molar-refractivity contribution < 1.29 is 18.3 Å². The second kappa shape index (κ2) is 7.38. The summed E-state index contributed by atoms with van der Waals surface area (Å²) >= 11 is 0. The van der Waals surface area contributed by atoms with Gasteiger partial charge in [-0.2, -0.15) is 0 Å². The summed E-state index contributed by atoms with van der Waals surface area (Å²) in [6, 6.07) is 15.4. The van der Waals surface area contributed by atoms with Gasteiger partial charge in [0, 0.05) is 22.7 Å². The second-order valence-corrected chi connectivity index (χ2v) is 5.82. The first kappa shape index (κ1) is 17.0. The molecular weight excluding hydrogens is 324 g/mol. The number of nitrogens with zero attached hydrogens (tertiary/aromatic N) is 1. The fourth-order valence-electron chi connectivity index (χ4n) is 2.62. The standard InChI is InChI=1S/C20H17F2NO2/c1-13(17-11-15-6-2-3-8-18(15)23-12-17)25-19(24)10-14-5-4-7-16(9-14)20(21)22/h2-9,11-13,20H,10H2,1H3. The van der Waals surface area contributed by atoms with Gasteiger partial charge in [0.15, 0.2) is 0 Å². The predicted molar refractivity (Wildman–Crippen MR) is 91.4 cm³/mol. The van der Waals surface area contributed by atoms with Crippen LogP contribution in [-0.2, 0) is 16.0 Å². The molecule has 0 saturated heterocycles. The molecule has 0 aliphatic rings. The average Bonchev–Trinajstić information content (AvgIpc) is 2.61. The molecule has 2 aromatic carbocycles. The first-order chi connectivity index (χ1) is 12.0. The number of carbonyl (C=O) groups excluding carboxylic acids is 1. The smallest absolute Gasteiger partial charge is 0.310 e. The number of fused-ring (bicyclic) bond motifs is 1. The van der Waals surface area contributed by atoms with Crippen LogP contribution in [-0.4, -0.2) is 11.0 Å². The van der Waals surface area contributed by atoms with Crippen LogP contribution in [0.2, 0.25) is 0 Å². The summed E-state index contributed by atoms with van der Waals surface area (Å²) in [5.41, 5.74) is 2.06. The molecule has 3 aromatic rings. The van der Waals surface area contributed by atoms with Crippen LogP contribution in [0.3, 0.4) is 0 Å².